The lowest BCUT2D eigenvalue weighted by Gasteiger charge is -2.11. The van der Waals surface area contributed by atoms with Crippen LogP contribution in [-0.4, -0.2) is 35.1 Å². The molecule has 2 aromatic carbocycles. The van der Waals surface area contributed by atoms with Crippen LogP contribution >= 0.6 is 11.6 Å². The largest absolute Gasteiger partial charge is 0.493 e. The van der Waals surface area contributed by atoms with Gasteiger partial charge in [0, 0.05) is 16.8 Å². The zero-order valence-corrected chi connectivity index (χ0v) is 15.1. The molecule has 2 rings (SSSR count). The average molecular weight is 385 g/mol. The topological polar surface area (TPSA) is 93.7 Å². The summed E-state index contributed by atoms with van der Waals surface area (Å²) in [5.74, 6) is 0.171. The third-order valence-corrected chi connectivity index (χ3v) is 4.87. The maximum atomic E-state index is 12.3. The first-order valence-electron chi connectivity index (χ1n) is 7.13. The number of carbonyl (C=O) groups is 1. The fraction of sp³-hybridized carbons (Fsp3) is 0.188. The molecule has 0 spiro atoms. The molecule has 0 bridgehead atoms. The second-order valence-corrected chi connectivity index (χ2v) is 7.10. The van der Waals surface area contributed by atoms with E-state index in [0.29, 0.717) is 16.5 Å². The van der Waals surface area contributed by atoms with Gasteiger partial charge in [-0.05, 0) is 36.4 Å². The molecule has 0 atom stereocenters. The number of hydrogen-bond donors (Lipinski definition) is 2. The van der Waals surface area contributed by atoms with Crippen molar-refractivity contribution in [2.75, 3.05) is 26.1 Å². The van der Waals surface area contributed by atoms with Gasteiger partial charge in [0.25, 0.3) is 0 Å². The molecule has 0 saturated carbocycles. The molecular weight excluding hydrogens is 368 g/mol. The van der Waals surface area contributed by atoms with Crippen molar-refractivity contribution in [2.45, 2.75) is 4.90 Å². The van der Waals surface area contributed by atoms with Gasteiger partial charge in [0.1, 0.15) is 0 Å². The van der Waals surface area contributed by atoms with Crippen molar-refractivity contribution in [3.8, 4) is 11.5 Å². The van der Waals surface area contributed by atoms with Crippen molar-refractivity contribution in [2.24, 2.45) is 0 Å². The minimum absolute atomic E-state index is 0.0376. The lowest BCUT2D eigenvalue weighted by molar-refractivity contribution is -0.115. The molecule has 0 aliphatic heterocycles. The van der Waals surface area contributed by atoms with Crippen LogP contribution < -0.4 is 19.5 Å². The van der Waals surface area contributed by atoms with Crippen molar-refractivity contribution in [1.29, 1.82) is 0 Å². The van der Waals surface area contributed by atoms with E-state index in [1.807, 2.05) is 0 Å². The summed E-state index contributed by atoms with van der Waals surface area (Å²) in [7, 11) is -1.03. The van der Waals surface area contributed by atoms with Crippen LogP contribution in [0.1, 0.15) is 0 Å². The van der Waals surface area contributed by atoms with Gasteiger partial charge in [-0.25, -0.2) is 13.1 Å². The van der Waals surface area contributed by atoms with Crippen molar-refractivity contribution >= 4 is 33.2 Å². The van der Waals surface area contributed by atoms with E-state index in [1.54, 1.807) is 24.3 Å². The smallest absolute Gasteiger partial charge is 0.241 e. The van der Waals surface area contributed by atoms with Gasteiger partial charge in [-0.1, -0.05) is 11.6 Å². The Labute approximate surface area is 151 Å². The van der Waals surface area contributed by atoms with Crippen LogP contribution in [0, 0.1) is 0 Å². The predicted octanol–water partition coefficient (Wildman–Crippen LogP) is 2.27. The zero-order chi connectivity index (χ0) is 18.4. The van der Waals surface area contributed by atoms with Gasteiger partial charge in [-0.3, -0.25) is 4.79 Å². The molecule has 1 amide bonds. The first kappa shape index (κ1) is 19.0. The number of amides is 1. The summed E-state index contributed by atoms with van der Waals surface area (Å²) in [6.45, 7) is -0.417. The van der Waals surface area contributed by atoms with Crippen LogP contribution in [0.3, 0.4) is 0 Å². The first-order valence-corrected chi connectivity index (χ1v) is 8.99. The van der Waals surface area contributed by atoms with Gasteiger partial charge in [-0.15, -0.1) is 0 Å². The second-order valence-electron chi connectivity index (χ2n) is 4.90. The Bertz CT molecular complexity index is 853. The lowest BCUT2D eigenvalue weighted by atomic mass is 10.3. The maximum absolute atomic E-state index is 12.3. The molecule has 0 fully saturated rings. The Hall–Kier alpha value is -2.29. The Morgan fingerprint density at radius 2 is 1.68 bits per heavy atom. The van der Waals surface area contributed by atoms with Crippen molar-refractivity contribution in [3.05, 3.63) is 47.5 Å². The molecule has 0 aliphatic carbocycles. The first-order chi connectivity index (χ1) is 11.9. The molecule has 2 aromatic rings. The highest BCUT2D eigenvalue weighted by Gasteiger charge is 2.18. The highest BCUT2D eigenvalue weighted by atomic mass is 35.5. The minimum Gasteiger partial charge on any atom is -0.493 e. The highest BCUT2D eigenvalue weighted by molar-refractivity contribution is 7.89. The van der Waals surface area contributed by atoms with Crippen LogP contribution in [0.15, 0.2) is 47.4 Å². The van der Waals surface area contributed by atoms with Crippen molar-refractivity contribution in [1.82, 2.24) is 4.72 Å². The van der Waals surface area contributed by atoms with E-state index in [1.165, 1.54) is 32.4 Å². The molecule has 0 radical (unpaired) electrons. The molecule has 0 unspecified atom stereocenters. The molecule has 7 nitrogen and oxygen atoms in total. The van der Waals surface area contributed by atoms with E-state index >= 15 is 0 Å². The van der Waals surface area contributed by atoms with Gasteiger partial charge in [0.05, 0.1) is 25.7 Å². The molecular formula is C16H17ClN2O5S. The van der Waals surface area contributed by atoms with E-state index in [-0.39, 0.29) is 10.6 Å². The quantitative estimate of drug-likeness (QED) is 0.763. The standard InChI is InChI=1S/C16H17ClN2O5S/c1-23-14-8-7-13(9-15(14)24-2)25(21,22)18-10-16(20)19-12-5-3-11(17)4-6-12/h3-9,18H,10H2,1-2H3,(H,19,20). The lowest BCUT2D eigenvalue weighted by Crippen LogP contribution is -2.32. The van der Waals surface area contributed by atoms with Crippen LogP contribution in [-0.2, 0) is 14.8 Å². The number of anilines is 1. The van der Waals surface area contributed by atoms with Gasteiger partial charge >= 0.3 is 0 Å². The Morgan fingerprint density at radius 1 is 1.04 bits per heavy atom. The Kier molecular flexibility index (Phi) is 6.24. The van der Waals surface area contributed by atoms with Crippen LogP contribution in [0.2, 0.25) is 5.02 Å². The molecule has 0 heterocycles. The summed E-state index contributed by atoms with van der Waals surface area (Å²) in [5, 5.41) is 3.10. The SMILES string of the molecule is COc1ccc(S(=O)(=O)NCC(=O)Nc2ccc(Cl)cc2)cc1OC. The normalized spacial score (nSPS) is 11.0. The van der Waals surface area contributed by atoms with E-state index in [2.05, 4.69) is 10.0 Å². The molecule has 9 heteroatoms. The summed E-state index contributed by atoms with van der Waals surface area (Å²) in [6.07, 6.45) is 0. The third kappa shape index (κ3) is 5.09. The fourth-order valence-corrected chi connectivity index (χ4v) is 3.09. The minimum atomic E-state index is -3.88. The van der Waals surface area contributed by atoms with E-state index in [4.69, 9.17) is 21.1 Å². The van der Waals surface area contributed by atoms with Gasteiger partial charge in [0.15, 0.2) is 11.5 Å². The summed E-state index contributed by atoms with van der Waals surface area (Å²) in [6, 6.07) is 10.6. The second kappa shape index (κ2) is 8.19. The maximum Gasteiger partial charge on any atom is 0.241 e. The number of rotatable bonds is 7. The molecule has 134 valence electrons. The summed E-state index contributed by atoms with van der Waals surface area (Å²) < 4.78 is 37.0. The van der Waals surface area contributed by atoms with Gasteiger partial charge in [-0.2, -0.15) is 0 Å². The monoisotopic (exact) mass is 384 g/mol. The van der Waals surface area contributed by atoms with Crippen LogP contribution in [0.4, 0.5) is 5.69 Å². The zero-order valence-electron chi connectivity index (χ0n) is 13.6. The molecule has 0 aliphatic rings. The number of ether oxygens (including phenoxy) is 2. The van der Waals surface area contributed by atoms with Gasteiger partial charge in [0.2, 0.25) is 15.9 Å². The van der Waals surface area contributed by atoms with Crippen molar-refractivity contribution in [3.63, 3.8) is 0 Å². The number of halogens is 1. The van der Waals surface area contributed by atoms with Crippen molar-refractivity contribution < 1.29 is 22.7 Å². The van der Waals surface area contributed by atoms with Crippen LogP contribution in [0.25, 0.3) is 0 Å². The predicted molar refractivity (Wildman–Crippen MR) is 94.8 cm³/mol. The highest BCUT2D eigenvalue weighted by Crippen LogP contribution is 2.29. The number of carbonyl (C=O) groups excluding carboxylic acids is 1. The van der Waals surface area contributed by atoms with Crippen LogP contribution in [0.5, 0.6) is 11.5 Å². The van der Waals surface area contributed by atoms with E-state index < -0.39 is 22.5 Å². The average Bonchev–Trinajstić information content (AvgIpc) is 2.61. The summed E-state index contributed by atoms with van der Waals surface area (Å²) in [5.41, 5.74) is 0.514. The number of methoxy groups -OCH3 is 2. The number of nitrogens with one attached hydrogen (secondary N) is 2. The molecule has 0 saturated heterocycles. The van der Waals surface area contributed by atoms with E-state index in [9.17, 15) is 13.2 Å². The summed E-state index contributed by atoms with van der Waals surface area (Å²) >= 11 is 5.76. The molecule has 2 N–H and O–H groups in total. The molecule has 0 aromatic heterocycles. The number of sulfonamides is 1. The Balaban J connectivity index is 2.03. The third-order valence-electron chi connectivity index (χ3n) is 3.22. The summed E-state index contributed by atoms with van der Waals surface area (Å²) in [4.78, 5) is 11.8. The number of hydrogen-bond acceptors (Lipinski definition) is 5. The fourth-order valence-electron chi connectivity index (χ4n) is 1.97. The number of benzene rings is 2. The Morgan fingerprint density at radius 3 is 2.28 bits per heavy atom. The van der Waals surface area contributed by atoms with E-state index in [0.717, 1.165) is 0 Å². The molecule has 25 heavy (non-hydrogen) atoms. The van der Waals surface area contributed by atoms with Gasteiger partial charge < -0.3 is 14.8 Å².